The molecule has 2 amide bonds. The van der Waals surface area contributed by atoms with Gasteiger partial charge in [-0.3, -0.25) is 9.59 Å². The smallest absolute Gasteiger partial charge is 0.255 e. The number of hydrogen-bond donors (Lipinski definition) is 1. The Labute approximate surface area is 157 Å². The normalized spacial score (nSPS) is 14.3. The highest BCUT2D eigenvalue weighted by Gasteiger charge is 2.38. The van der Waals surface area contributed by atoms with E-state index >= 15 is 0 Å². The van der Waals surface area contributed by atoms with Crippen LogP contribution in [0.4, 0.5) is 5.69 Å². The van der Waals surface area contributed by atoms with Crippen LogP contribution in [0, 0.1) is 5.92 Å². The molecule has 1 N–H and O–H groups in total. The van der Waals surface area contributed by atoms with Crippen LogP contribution in [0.15, 0.2) is 42.5 Å². The van der Waals surface area contributed by atoms with E-state index in [4.69, 9.17) is 16.3 Å². The molecule has 0 radical (unpaired) electrons. The second-order valence-electron chi connectivity index (χ2n) is 6.61. The maximum Gasteiger partial charge on any atom is 0.255 e. The molecule has 1 aliphatic rings. The molecule has 6 heteroatoms. The average molecular weight is 373 g/mol. The molecule has 1 aliphatic heterocycles. The van der Waals surface area contributed by atoms with Crippen LogP contribution in [-0.4, -0.2) is 29.9 Å². The van der Waals surface area contributed by atoms with Crippen molar-refractivity contribution in [2.45, 2.75) is 26.4 Å². The molecular weight excluding hydrogens is 352 g/mol. The van der Waals surface area contributed by atoms with Crippen molar-refractivity contribution >= 4 is 29.1 Å². The van der Waals surface area contributed by atoms with Crippen molar-refractivity contribution in [2.75, 3.05) is 12.4 Å². The van der Waals surface area contributed by atoms with E-state index in [-0.39, 0.29) is 17.7 Å². The van der Waals surface area contributed by atoms with Gasteiger partial charge in [0, 0.05) is 17.1 Å². The van der Waals surface area contributed by atoms with Crippen LogP contribution in [0.5, 0.6) is 5.75 Å². The molecule has 136 valence electrons. The highest BCUT2D eigenvalue weighted by atomic mass is 35.5. The number of benzene rings is 2. The van der Waals surface area contributed by atoms with E-state index in [1.54, 1.807) is 29.2 Å². The van der Waals surface area contributed by atoms with Gasteiger partial charge in [-0.1, -0.05) is 43.6 Å². The van der Waals surface area contributed by atoms with Gasteiger partial charge in [-0.2, -0.15) is 0 Å². The number of rotatable bonds is 5. The fourth-order valence-electron chi connectivity index (χ4n) is 3.29. The molecule has 3 rings (SSSR count). The Morgan fingerprint density at radius 3 is 2.62 bits per heavy atom. The van der Waals surface area contributed by atoms with Crippen LogP contribution in [0.3, 0.4) is 0 Å². The highest BCUT2D eigenvalue weighted by molar-refractivity contribution is 6.31. The van der Waals surface area contributed by atoms with E-state index in [0.717, 1.165) is 5.56 Å². The summed E-state index contributed by atoms with van der Waals surface area (Å²) in [5.41, 5.74) is 2.09. The first kappa shape index (κ1) is 18.3. The van der Waals surface area contributed by atoms with Gasteiger partial charge in [0.25, 0.3) is 5.91 Å². The first-order valence-electron chi connectivity index (χ1n) is 8.45. The van der Waals surface area contributed by atoms with Crippen LogP contribution in [0.1, 0.15) is 29.8 Å². The Hall–Kier alpha value is -2.53. The zero-order chi connectivity index (χ0) is 18.8. The van der Waals surface area contributed by atoms with Crippen LogP contribution in [-0.2, 0) is 11.3 Å². The van der Waals surface area contributed by atoms with Gasteiger partial charge in [-0.25, -0.2) is 0 Å². The number of ether oxygens (including phenoxy) is 1. The molecule has 0 saturated heterocycles. The third-order valence-electron chi connectivity index (χ3n) is 4.50. The van der Waals surface area contributed by atoms with E-state index in [9.17, 15) is 9.59 Å². The Morgan fingerprint density at radius 2 is 1.96 bits per heavy atom. The predicted molar refractivity (Wildman–Crippen MR) is 102 cm³/mol. The lowest BCUT2D eigenvalue weighted by Crippen LogP contribution is -2.47. The maximum atomic E-state index is 13.0. The van der Waals surface area contributed by atoms with E-state index in [1.807, 2.05) is 32.0 Å². The molecule has 0 spiro atoms. The summed E-state index contributed by atoms with van der Waals surface area (Å²) in [5, 5.41) is 3.36. The Morgan fingerprint density at radius 1 is 1.23 bits per heavy atom. The fourth-order valence-corrected chi connectivity index (χ4v) is 3.46. The molecule has 1 atom stereocenters. The number of halogens is 1. The second kappa shape index (κ2) is 7.38. The molecule has 0 aliphatic carbocycles. The summed E-state index contributed by atoms with van der Waals surface area (Å²) >= 11 is 6.04. The van der Waals surface area contributed by atoms with Crippen molar-refractivity contribution < 1.29 is 14.3 Å². The van der Waals surface area contributed by atoms with Gasteiger partial charge < -0.3 is 15.0 Å². The van der Waals surface area contributed by atoms with Crippen molar-refractivity contribution in [2.24, 2.45) is 5.92 Å². The van der Waals surface area contributed by atoms with E-state index < -0.39 is 6.04 Å². The standard InChI is InChI=1S/C20H21ClN2O3/c1-12(2)18(23-11-13-6-4-5-7-15(13)20(23)25)19(24)22-16-10-14(21)8-9-17(16)26-3/h4-10,12,18H,11H2,1-3H3,(H,22,24). The van der Waals surface area contributed by atoms with Crippen LogP contribution in [0.2, 0.25) is 5.02 Å². The quantitative estimate of drug-likeness (QED) is 0.864. The number of methoxy groups -OCH3 is 1. The van der Waals surface area contributed by atoms with E-state index in [2.05, 4.69) is 5.32 Å². The zero-order valence-electron chi connectivity index (χ0n) is 15.0. The van der Waals surface area contributed by atoms with E-state index in [1.165, 1.54) is 7.11 Å². The number of nitrogens with zero attached hydrogens (tertiary/aromatic N) is 1. The highest BCUT2D eigenvalue weighted by Crippen LogP contribution is 2.30. The SMILES string of the molecule is COc1ccc(Cl)cc1NC(=O)C(C(C)C)N1Cc2ccccc2C1=O. The molecule has 5 nitrogen and oxygen atoms in total. The van der Waals surface area contributed by atoms with Gasteiger partial charge in [-0.15, -0.1) is 0 Å². The summed E-state index contributed by atoms with van der Waals surface area (Å²) in [6.07, 6.45) is 0. The van der Waals surface area contributed by atoms with Gasteiger partial charge in [-0.05, 0) is 35.7 Å². The zero-order valence-corrected chi connectivity index (χ0v) is 15.7. The largest absolute Gasteiger partial charge is 0.495 e. The molecule has 2 aromatic carbocycles. The Bertz CT molecular complexity index is 851. The minimum atomic E-state index is -0.599. The number of hydrogen-bond acceptors (Lipinski definition) is 3. The molecule has 0 bridgehead atoms. The molecule has 2 aromatic rings. The van der Waals surface area contributed by atoms with Crippen LogP contribution < -0.4 is 10.1 Å². The number of nitrogens with one attached hydrogen (secondary N) is 1. The van der Waals surface area contributed by atoms with Crippen molar-refractivity contribution in [3.8, 4) is 5.75 Å². The lowest BCUT2D eigenvalue weighted by atomic mass is 10.0. The number of fused-ring (bicyclic) bond motifs is 1. The summed E-state index contributed by atoms with van der Waals surface area (Å²) in [6.45, 7) is 4.28. The van der Waals surface area contributed by atoms with Crippen LogP contribution >= 0.6 is 11.6 Å². The number of carbonyl (C=O) groups is 2. The van der Waals surface area contributed by atoms with Gasteiger partial charge >= 0.3 is 0 Å². The van der Waals surface area contributed by atoms with Crippen molar-refractivity contribution in [1.82, 2.24) is 4.90 Å². The summed E-state index contributed by atoms with van der Waals surface area (Å²) in [5.74, 6) is 0.0777. The first-order valence-corrected chi connectivity index (χ1v) is 8.83. The first-order chi connectivity index (χ1) is 12.4. The Balaban J connectivity index is 1.87. The minimum absolute atomic E-state index is 0.0570. The fraction of sp³-hybridized carbons (Fsp3) is 0.300. The molecule has 0 saturated carbocycles. The molecule has 0 fully saturated rings. The van der Waals surface area contributed by atoms with Gasteiger partial charge in [0.1, 0.15) is 11.8 Å². The van der Waals surface area contributed by atoms with Crippen molar-refractivity contribution in [1.29, 1.82) is 0 Å². The van der Waals surface area contributed by atoms with Crippen molar-refractivity contribution in [3.63, 3.8) is 0 Å². The molecule has 26 heavy (non-hydrogen) atoms. The number of amides is 2. The second-order valence-corrected chi connectivity index (χ2v) is 7.05. The summed E-state index contributed by atoms with van der Waals surface area (Å²) in [7, 11) is 1.53. The van der Waals surface area contributed by atoms with Crippen LogP contribution in [0.25, 0.3) is 0 Å². The third kappa shape index (κ3) is 3.40. The lowest BCUT2D eigenvalue weighted by Gasteiger charge is -2.30. The third-order valence-corrected chi connectivity index (χ3v) is 4.74. The Kier molecular flexibility index (Phi) is 5.18. The maximum absolute atomic E-state index is 13.0. The summed E-state index contributed by atoms with van der Waals surface area (Å²) in [6, 6.07) is 11.9. The lowest BCUT2D eigenvalue weighted by molar-refractivity contribution is -0.122. The van der Waals surface area contributed by atoms with Crippen molar-refractivity contribution in [3.05, 3.63) is 58.6 Å². The number of carbonyl (C=O) groups excluding carboxylic acids is 2. The molecule has 1 unspecified atom stereocenters. The topological polar surface area (TPSA) is 58.6 Å². The molecule has 1 heterocycles. The molecule has 0 aromatic heterocycles. The number of anilines is 1. The molecular formula is C20H21ClN2O3. The minimum Gasteiger partial charge on any atom is -0.495 e. The monoisotopic (exact) mass is 372 g/mol. The van der Waals surface area contributed by atoms with Gasteiger partial charge in [0.05, 0.1) is 12.8 Å². The summed E-state index contributed by atoms with van der Waals surface area (Å²) in [4.78, 5) is 27.4. The predicted octanol–water partition coefficient (Wildman–Crippen LogP) is 3.97. The van der Waals surface area contributed by atoms with Gasteiger partial charge in [0.15, 0.2) is 0 Å². The summed E-state index contributed by atoms with van der Waals surface area (Å²) < 4.78 is 5.28. The average Bonchev–Trinajstić information content (AvgIpc) is 2.92. The van der Waals surface area contributed by atoms with E-state index in [0.29, 0.717) is 28.6 Å². The van der Waals surface area contributed by atoms with Gasteiger partial charge in [0.2, 0.25) is 5.91 Å².